The van der Waals surface area contributed by atoms with E-state index in [9.17, 15) is 4.79 Å². The molecule has 0 aliphatic heterocycles. The van der Waals surface area contributed by atoms with Crippen LogP contribution < -0.4 is 5.32 Å². The Morgan fingerprint density at radius 1 is 1.05 bits per heavy atom. The number of aromatic amines is 1. The van der Waals surface area contributed by atoms with Crippen molar-refractivity contribution in [3.63, 3.8) is 0 Å². The average Bonchev–Trinajstić information content (AvgIpc) is 3.61. The summed E-state index contributed by atoms with van der Waals surface area (Å²) >= 11 is 4.50. The van der Waals surface area contributed by atoms with Gasteiger partial charge >= 0.3 is 0 Å². The van der Waals surface area contributed by atoms with E-state index in [1.54, 1.807) is 0 Å². The molecule has 0 fully saturated rings. The highest BCUT2D eigenvalue weighted by Gasteiger charge is 2.17. The summed E-state index contributed by atoms with van der Waals surface area (Å²) in [5.74, 6) is 2.04. The van der Waals surface area contributed by atoms with E-state index in [4.69, 9.17) is 4.98 Å². The second kappa shape index (κ2) is 12.7. The van der Waals surface area contributed by atoms with Crippen LogP contribution in [0.5, 0.6) is 0 Å². The number of imidazole rings is 1. The average molecular weight is 568 g/mol. The Hall–Kier alpha value is -3.98. The summed E-state index contributed by atoms with van der Waals surface area (Å²) in [6.07, 6.45) is 2.66. The van der Waals surface area contributed by atoms with Gasteiger partial charge in [-0.05, 0) is 64.8 Å². The Kier molecular flexibility index (Phi) is 8.83. The molecule has 8 nitrogen and oxygen atoms in total. The van der Waals surface area contributed by atoms with Crippen molar-refractivity contribution >= 4 is 29.6 Å². The molecule has 0 aliphatic rings. The van der Waals surface area contributed by atoms with Crippen molar-refractivity contribution in [1.82, 2.24) is 35.5 Å². The fraction of sp³-hybridized carbons (Fsp3) is 0.344. The number of aromatic nitrogens is 6. The first-order valence-corrected chi connectivity index (χ1v) is 14.7. The van der Waals surface area contributed by atoms with Crippen LogP contribution in [0.25, 0.3) is 33.5 Å². The third-order valence-corrected chi connectivity index (χ3v) is 7.69. The molecular weight excluding hydrogens is 530 g/mol. The number of nitrogens with zero attached hydrogens (tertiary/aromatic N) is 5. The molecule has 0 spiro atoms. The van der Waals surface area contributed by atoms with Crippen LogP contribution in [0.3, 0.4) is 0 Å². The zero-order valence-electron chi connectivity index (χ0n) is 24.1. The van der Waals surface area contributed by atoms with Crippen LogP contribution in [-0.2, 0) is 24.3 Å². The molecule has 5 rings (SSSR count). The van der Waals surface area contributed by atoms with Crippen LogP contribution >= 0.6 is 12.6 Å². The molecule has 2 heterocycles. The highest BCUT2D eigenvalue weighted by Crippen LogP contribution is 2.30. The van der Waals surface area contributed by atoms with E-state index in [2.05, 4.69) is 113 Å². The van der Waals surface area contributed by atoms with Gasteiger partial charge in [0.15, 0.2) is 0 Å². The Morgan fingerprint density at radius 3 is 2.49 bits per heavy atom. The lowest BCUT2D eigenvalue weighted by molar-refractivity contribution is -0.120. The number of fused-ring (bicyclic) bond motifs is 1. The maximum absolute atomic E-state index is 12.6. The Morgan fingerprint density at radius 2 is 1.80 bits per heavy atom. The van der Waals surface area contributed by atoms with E-state index in [0.717, 1.165) is 63.9 Å². The molecule has 0 aliphatic carbocycles. The van der Waals surface area contributed by atoms with Gasteiger partial charge in [-0.3, -0.25) is 4.79 Å². The van der Waals surface area contributed by atoms with Crippen molar-refractivity contribution < 1.29 is 4.79 Å². The molecule has 0 bridgehead atoms. The number of amides is 1. The van der Waals surface area contributed by atoms with Gasteiger partial charge in [0.1, 0.15) is 5.82 Å². The quantitative estimate of drug-likeness (QED) is 0.166. The van der Waals surface area contributed by atoms with Gasteiger partial charge in [-0.15, -0.1) is 10.2 Å². The molecule has 0 unspecified atom stereocenters. The monoisotopic (exact) mass is 567 g/mol. The minimum atomic E-state index is -0.302. The van der Waals surface area contributed by atoms with Gasteiger partial charge in [0.2, 0.25) is 11.7 Å². The van der Waals surface area contributed by atoms with Crippen LogP contribution in [0.15, 0.2) is 60.7 Å². The van der Waals surface area contributed by atoms with Gasteiger partial charge in [-0.1, -0.05) is 75.4 Å². The standard InChI is InChI=1S/C32H37N7OS/c1-5-8-29-34-30-21(4)16-23(18-33-32(40)28(41)15-20(2)3)17-27(30)39(29)19-22-11-13-24(14-12-22)25-9-6-7-10-26(25)31-35-37-38-36-31/h6-7,9-14,16-17,20,28,41H,5,8,15,18-19H2,1-4H3,(H,33,40)(H,35,36,37,38)/t28-/m0/s1. The first-order chi connectivity index (χ1) is 19.8. The zero-order valence-corrected chi connectivity index (χ0v) is 24.9. The van der Waals surface area contributed by atoms with Crippen LogP contribution in [0.4, 0.5) is 0 Å². The summed E-state index contributed by atoms with van der Waals surface area (Å²) in [6.45, 7) is 9.65. The lowest BCUT2D eigenvalue weighted by Crippen LogP contribution is -2.31. The second-order valence-corrected chi connectivity index (χ2v) is 11.6. The molecule has 0 saturated carbocycles. The van der Waals surface area contributed by atoms with E-state index in [1.807, 2.05) is 18.2 Å². The van der Waals surface area contributed by atoms with Crippen molar-refractivity contribution in [3.05, 3.63) is 83.2 Å². The highest BCUT2D eigenvalue weighted by atomic mass is 32.1. The molecule has 3 aromatic carbocycles. The summed E-state index contributed by atoms with van der Waals surface area (Å²) in [6, 6.07) is 21.0. The molecule has 2 N–H and O–H groups in total. The number of tetrazole rings is 1. The van der Waals surface area contributed by atoms with E-state index in [1.165, 1.54) is 5.56 Å². The number of nitrogens with one attached hydrogen (secondary N) is 2. The van der Waals surface area contributed by atoms with Crippen LogP contribution in [0.1, 0.15) is 56.1 Å². The topological polar surface area (TPSA) is 101 Å². The van der Waals surface area contributed by atoms with Crippen molar-refractivity contribution in [2.24, 2.45) is 5.92 Å². The maximum atomic E-state index is 12.6. The molecule has 0 radical (unpaired) electrons. The summed E-state index contributed by atoms with van der Waals surface area (Å²) in [5, 5.41) is 17.4. The van der Waals surface area contributed by atoms with Crippen molar-refractivity contribution in [1.29, 1.82) is 0 Å². The lowest BCUT2D eigenvalue weighted by Gasteiger charge is -2.14. The molecule has 41 heavy (non-hydrogen) atoms. The molecule has 212 valence electrons. The highest BCUT2D eigenvalue weighted by molar-refractivity contribution is 7.81. The third kappa shape index (κ3) is 6.51. The van der Waals surface area contributed by atoms with Crippen molar-refractivity contribution in [2.45, 2.75) is 65.3 Å². The molecular formula is C32H37N7OS. The minimum Gasteiger partial charge on any atom is -0.351 e. The van der Waals surface area contributed by atoms with Gasteiger partial charge in [-0.2, -0.15) is 17.8 Å². The maximum Gasteiger partial charge on any atom is 0.233 e. The Bertz CT molecular complexity index is 1620. The van der Waals surface area contributed by atoms with Gasteiger partial charge in [0.05, 0.1) is 16.3 Å². The van der Waals surface area contributed by atoms with E-state index >= 15 is 0 Å². The number of hydrogen-bond acceptors (Lipinski definition) is 6. The number of aryl methyl sites for hydroxylation is 2. The van der Waals surface area contributed by atoms with Gasteiger partial charge in [0, 0.05) is 25.1 Å². The molecule has 5 aromatic rings. The van der Waals surface area contributed by atoms with E-state index in [-0.39, 0.29) is 11.2 Å². The largest absolute Gasteiger partial charge is 0.351 e. The first kappa shape index (κ1) is 28.5. The Balaban J connectivity index is 1.41. The molecule has 0 saturated heterocycles. The predicted molar refractivity (Wildman–Crippen MR) is 167 cm³/mol. The predicted octanol–water partition coefficient (Wildman–Crippen LogP) is 6.15. The van der Waals surface area contributed by atoms with Crippen molar-refractivity contribution in [2.75, 3.05) is 0 Å². The number of rotatable bonds is 11. The van der Waals surface area contributed by atoms with Gasteiger partial charge in [0.25, 0.3) is 0 Å². The SMILES string of the molecule is CCCc1nc2c(C)cc(CNC(=O)[C@@H](S)CC(C)C)cc2n1Cc1ccc(-c2ccccc2-c2nn[nH]n2)cc1. The second-order valence-electron chi connectivity index (χ2n) is 11.0. The van der Waals surface area contributed by atoms with E-state index in [0.29, 0.717) is 24.8 Å². The molecule has 1 amide bonds. The Labute approximate surface area is 246 Å². The number of benzene rings is 3. The van der Waals surface area contributed by atoms with Crippen molar-refractivity contribution in [3.8, 4) is 22.5 Å². The minimum absolute atomic E-state index is 0.0269. The van der Waals surface area contributed by atoms with Gasteiger partial charge in [-0.25, -0.2) is 4.98 Å². The number of carbonyl (C=O) groups is 1. The summed E-state index contributed by atoms with van der Waals surface area (Å²) in [4.78, 5) is 17.6. The van der Waals surface area contributed by atoms with E-state index < -0.39 is 0 Å². The van der Waals surface area contributed by atoms with Gasteiger partial charge < -0.3 is 9.88 Å². The van der Waals surface area contributed by atoms with Crippen LogP contribution in [0.2, 0.25) is 0 Å². The lowest BCUT2D eigenvalue weighted by atomic mass is 9.98. The summed E-state index contributed by atoms with van der Waals surface area (Å²) < 4.78 is 2.32. The smallest absolute Gasteiger partial charge is 0.233 e. The number of carbonyl (C=O) groups excluding carboxylic acids is 1. The molecule has 1 atom stereocenters. The number of thiol groups is 1. The first-order valence-electron chi connectivity index (χ1n) is 14.2. The fourth-order valence-electron chi connectivity index (χ4n) is 5.25. The number of H-pyrrole nitrogens is 1. The molecule has 2 aromatic heterocycles. The summed E-state index contributed by atoms with van der Waals surface area (Å²) in [7, 11) is 0. The summed E-state index contributed by atoms with van der Waals surface area (Å²) in [5.41, 5.74) is 8.54. The number of hydrogen-bond donors (Lipinski definition) is 3. The van der Waals surface area contributed by atoms with Crippen LogP contribution in [0, 0.1) is 12.8 Å². The third-order valence-electron chi connectivity index (χ3n) is 7.24. The zero-order chi connectivity index (χ0) is 28.9. The fourth-order valence-corrected chi connectivity index (χ4v) is 5.76. The normalized spacial score (nSPS) is 12.2. The van der Waals surface area contributed by atoms with Crippen LogP contribution in [-0.4, -0.2) is 41.3 Å². The molecule has 9 heteroatoms.